The highest BCUT2D eigenvalue weighted by atomic mass is 35.5. The molecule has 4 aliphatic rings. The van der Waals surface area contributed by atoms with Gasteiger partial charge in [-0.1, -0.05) is 17.7 Å². The second-order valence-corrected chi connectivity index (χ2v) is 10.4. The zero-order chi connectivity index (χ0) is 25.6. The van der Waals surface area contributed by atoms with Gasteiger partial charge in [0.05, 0.1) is 18.9 Å². The van der Waals surface area contributed by atoms with E-state index in [-0.39, 0.29) is 18.4 Å². The number of imide groups is 4. The van der Waals surface area contributed by atoms with Gasteiger partial charge in [-0.05, 0) is 36.5 Å². The van der Waals surface area contributed by atoms with Gasteiger partial charge in [0.25, 0.3) is 11.8 Å². The summed E-state index contributed by atoms with van der Waals surface area (Å²) in [5.41, 5.74) is 0.597. The van der Waals surface area contributed by atoms with Gasteiger partial charge in [-0.25, -0.2) is 9.18 Å². The SMILES string of the molecule is COC(=O)N1C(=O)C2CC=C3C(CC4(Cl)C(=O)N(C)C(=O)C4(Cl)C3c3ccc(O)c(F)c3)C2C1=O. The van der Waals surface area contributed by atoms with E-state index >= 15 is 0 Å². The summed E-state index contributed by atoms with van der Waals surface area (Å²) in [6.07, 6.45) is 0.309. The Bertz CT molecular complexity index is 1270. The number of ether oxygens (including phenoxy) is 1. The Balaban J connectivity index is 1.72. The van der Waals surface area contributed by atoms with Crippen molar-refractivity contribution in [2.75, 3.05) is 14.2 Å². The number of likely N-dealkylation sites (tertiary alicyclic amines) is 2. The first-order chi connectivity index (χ1) is 16.4. The van der Waals surface area contributed by atoms with Crippen LogP contribution in [0.3, 0.4) is 0 Å². The van der Waals surface area contributed by atoms with Crippen LogP contribution in [0.1, 0.15) is 24.3 Å². The number of amides is 5. The summed E-state index contributed by atoms with van der Waals surface area (Å²) in [5.74, 6) is -8.68. The molecule has 1 N–H and O–H groups in total. The number of hydrogen-bond donors (Lipinski definition) is 1. The fraction of sp³-hybridized carbons (Fsp3) is 0.435. The van der Waals surface area contributed by atoms with Crippen molar-refractivity contribution < 1.29 is 38.2 Å². The molecule has 0 spiro atoms. The highest BCUT2D eigenvalue weighted by molar-refractivity contribution is 6.53. The van der Waals surface area contributed by atoms with Crippen LogP contribution in [-0.2, 0) is 23.9 Å². The molecule has 1 aromatic rings. The number of aromatic hydroxyl groups is 1. The molecule has 6 unspecified atom stereocenters. The number of halogens is 3. The molecule has 2 aliphatic heterocycles. The number of carbonyl (C=O) groups is 5. The second kappa shape index (κ2) is 7.51. The number of carbonyl (C=O) groups excluding carboxylic acids is 5. The molecule has 2 aliphatic carbocycles. The van der Waals surface area contributed by atoms with Crippen LogP contribution in [-0.4, -0.2) is 68.5 Å². The zero-order valence-corrected chi connectivity index (χ0v) is 20.0. The number of benzene rings is 1. The van der Waals surface area contributed by atoms with E-state index in [1.165, 1.54) is 13.1 Å². The molecular formula is C23H19Cl2FN2O7. The van der Waals surface area contributed by atoms with Crippen LogP contribution in [0, 0.1) is 23.6 Å². The zero-order valence-electron chi connectivity index (χ0n) is 18.5. The second-order valence-electron chi connectivity index (χ2n) is 9.19. The van der Waals surface area contributed by atoms with E-state index in [4.69, 9.17) is 23.2 Å². The number of phenols is 1. The Kier molecular flexibility index (Phi) is 5.09. The maximum Gasteiger partial charge on any atom is 0.423 e. The number of phenolic OH excluding ortho intramolecular Hbond substituents is 1. The van der Waals surface area contributed by atoms with Gasteiger partial charge < -0.3 is 9.84 Å². The summed E-state index contributed by atoms with van der Waals surface area (Å²) in [6.45, 7) is 0. The minimum atomic E-state index is -2.06. The molecule has 3 fully saturated rings. The Morgan fingerprint density at radius 1 is 1.14 bits per heavy atom. The Morgan fingerprint density at radius 3 is 2.46 bits per heavy atom. The van der Waals surface area contributed by atoms with E-state index in [2.05, 4.69) is 4.74 Å². The smallest absolute Gasteiger partial charge is 0.423 e. The third-order valence-corrected chi connectivity index (χ3v) is 9.09. The minimum Gasteiger partial charge on any atom is -0.505 e. The van der Waals surface area contributed by atoms with Crippen molar-refractivity contribution in [1.82, 2.24) is 9.80 Å². The number of rotatable bonds is 1. The van der Waals surface area contributed by atoms with Crippen molar-refractivity contribution in [1.29, 1.82) is 0 Å². The summed E-state index contributed by atoms with van der Waals surface area (Å²) in [4.78, 5) is 62.1. The first-order valence-corrected chi connectivity index (χ1v) is 11.5. The van der Waals surface area contributed by atoms with Gasteiger partial charge in [0.2, 0.25) is 11.8 Å². The lowest BCUT2D eigenvalue weighted by atomic mass is 9.56. The molecule has 6 atom stereocenters. The van der Waals surface area contributed by atoms with Gasteiger partial charge in [-0.15, -0.1) is 23.2 Å². The van der Waals surface area contributed by atoms with E-state index in [0.717, 1.165) is 24.1 Å². The van der Waals surface area contributed by atoms with Gasteiger partial charge in [0.15, 0.2) is 21.3 Å². The molecule has 5 amide bonds. The van der Waals surface area contributed by atoms with Crippen LogP contribution in [0.5, 0.6) is 5.75 Å². The number of alkyl halides is 2. The van der Waals surface area contributed by atoms with E-state index in [0.29, 0.717) is 10.5 Å². The minimum absolute atomic E-state index is 0.0475. The summed E-state index contributed by atoms with van der Waals surface area (Å²) in [5, 5.41) is 9.70. The number of allylic oxidation sites excluding steroid dienone is 2. The average molecular weight is 525 g/mol. The van der Waals surface area contributed by atoms with Crippen LogP contribution in [0.25, 0.3) is 0 Å². The molecule has 184 valence electrons. The van der Waals surface area contributed by atoms with E-state index in [1.54, 1.807) is 6.08 Å². The van der Waals surface area contributed by atoms with E-state index < -0.39 is 74.7 Å². The predicted molar refractivity (Wildman–Crippen MR) is 118 cm³/mol. The number of fused-ring (bicyclic) bond motifs is 4. The normalized spacial score (nSPS) is 36.1. The van der Waals surface area contributed by atoms with Crippen LogP contribution in [0.2, 0.25) is 0 Å². The highest BCUT2D eigenvalue weighted by Gasteiger charge is 2.76. The van der Waals surface area contributed by atoms with Crippen molar-refractivity contribution in [2.24, 2.45) is 17.8 Å². The van der Waals surface area contributed by atoms with E-state index in [9.17, 15) is 33.5 Å². The topological polar surface area (TPSA) is 121 Å². The highest BCUT2D eigenvalue weighted by Crippen LogP contribution is 2.65. The predicted octanol–water partition coefficient (Wildman–Crippen LogP) is 2.29. The fourth-order valence-electron chi connectivity index (χ4n) is 6.09. The summed E-state index contributed by atoms with van der Waals surface area (Å²) in [7, 11) is 2.27. The third kappa shape index (κ3) is 2.78. The van der Waals surface area contributed by atoms with Crippen LogP contribution in [0.4, 0.5) is 9.18 Å². The maximum atomic E-state index is 14.4. The van der Waals surface area contributed by atoms with Gasteiger partial charge in [-0.2, -0.15) is 4.90 Å². The Morgan fingerprint density at radius 2 is 1.83 bits per heavy atom. The van der Waals surface area contributed by atoms with Crippen LogP contribution in [0.15, 0.2) is 29.8 Å². The molecule has 35 heavy (non-hydrogen) atoms. The number of hydrogen-bond acceptors (Lipinski definition) is 7. The van der Waals surface area contributed by atoms with Gasteiger partial charge in [0, 0.05) is 13.0 Å². The van der Waals surface area contributed by atoms with Crippen molar-refractivity contribution in [3.63, 3.8) is 0 Å². The third-order valence-electron chi connectivity index (χ3n) is 7.68. The van der Waals surface area contributed by atoms with Crippen LogP contribution >= 0.6 is 23.2 Å². The average Bonchev–Trinajstić information content (AvgIpc) is 3.15. The molecule has 5 rings (SSSR count). The molecule has 12 heteroatoms. The Labute approximate surface area is 208 Å². The van der Waals surface area contributed by atoms with Crippen LogP contribution < -0.4 is 0 Å². The molecule has 0 aromatic heterocycles. The summed E-state index contributed by atoms with van der Waals surface area (Å²) >= 11 is 13.8. The lowest BCUT2D eigenvalue weighted by molar-refractivity contribution is -0.139. The van der Waals surface area contributed by atoms with Gasteiger partial charge in [-0.3, -0.25) is 24.1 Å². The van der Waals surface area contributed by atoms with Gasteiger partial charge in [0.1, 0.15) is 0 Å². The molecule has 9 nitrogen and oxygen atoms in total. The van der Waals surface area contributed by atoms with Crippen molar-refractivity contribution in [3.8, 4) is 5.75 Å². The summed E-state index contributed by atoms with van der Waals surface area (Å²) < 4.78 is 19.0. The molecule has 0 radical (unpaired) electrons. The lowest BCUT2D eigenvalue weighted by Crippen LogP contribution is -2.60. The molecular weight excluding hydrogens is 506 g/mol. The maximum absolute atomic E-state index is 14.4. The standard InChI is InChI=1S/C23H19Cl2FN2O7/c1-27-19(32)22(24)8-12-10(4-5-11-15(12)18(31)28(17(11)30)21(34)35-2)16(23(22,25)20(27)33)9-3-6-14(29)13(26)7-9/h3-4,6-7,11-12,15-16,29H,5,8H2,1-2H3. The Hall–Kier alpha value is -2.98. The molecule has 2 heterocycles. The first kappa shape index (κ1) is 23.7. The van der Waals surface area contributed by atoms with E-state index in [1.807, 2.05) is 0 Å². The molecule has 1 saturated carbocycles. The molecule has 0 bridgehead atoms. The lowest BCUT2D eigenvalue weighted by Gasteiger charge is -2.50. The number of nitrogens with zero attached hydrogens (tertiary/aromatic N) is 2. The van der Waals surface area contributed by atoms with Crippen molar-refractivity contribution in [2.45, 2.75) is 28.5 Å². The largest absolute Gasteiger partial charge is 0.505 e. The fourth-order valence-corrected chi connectivity index (χ4v) is 7.11. The van der Waals surface area contributed by atoms with Crippen molar-refractivity contribution in [3.05, 3.63) is 41.2 Å². The van der Waals surface area contributed by atoms with Gasteiger partial charge >= 0.3 is 6.09 Å². The molecule has 2 saturated heterocycles. The monoisotopic (exact) mass is 524 g/mol. The molecule has 1 aromatic carbocycles. The quantitative estimate of drug-likeness (QED) is 0.339. The van der Waals surface area contributed by atoms with Crippen molar-refractivity contribution >= 4 is 52.9 Å². The summed E-state index contributed by atoms with van der Waals surface area (Å²) in [6, 6.07) is 3.44. The first-order valence-electron chi connectivity index (χ1n) is 10.7. The number of methoxy groups -OCH3 is 1.